The van der Waals surface area contributed by atoms with Crippen LogP contribution in [0.3, 0.4) is 0 Å². The Morgan fingerprint density at radius 2 is 1.24 bits per heavy atom. The molecule has 0 radical (unpaired) electrons. The number of halogens is 1. The van der Waals surface area contributed by atoms with E-state index in [9.17, 15) is 14.4 Å². The average molecular weight is 360 g/mol. The van der Waals surface area contributed by atoms with Crippen molar-refractivity contribution >= 4 is 35.0 Å². The number of hydrogen-bond donors (Lipinski definition) is 3. The molecule has 0 spiro atoms. The van der Waals surface area contributed by atoms with Crippen molar-refractivity contribution in [3.8, 4) is 0 Å². The lowest BCUT2D eigenvalue weighted by Gasteiger charge is -2.10. The summed E-state index contributed by atoms with van der Waals surface area (Å²) in [6.07, 6.45) is 0. The molecule has 130 valence electrons. The van der Waals surface area contributed by atoms with Gasteiger partial charge in [0.1, 0.15) is 0 Å². The van der Waals surface area contributed by atoms with E-state index in [0.29, 0.717) is 21.8 Å². The van der Waals surface area contributed by atoms with Crippen molar-refractivity contribution in [2.45, 2.75) is 13.8 Å². The molecule has 0 aliphatic heterocycles. The van der Waals surface area contributed by atoms with E-state index in [1.165, 1.54) is 0 Å². The Morgan fingerprint density at radius 3 is 1.68 bits per heavy atom. The highest BCUT2D eigenvalue weighted by Crippen LogP contribution is 2.11. The molecule has 7 heteroatoms. The predicted octanol–water partition coefficient (Wildman–Crippen LogP) is 3.01. The van der Waals surface area contributed by atoms with Crippen molar-refractivity contribution in [3.63, 3.8) is 0 Å². The zero-order valence-corrected chi connectivity index (χ0v) is 14.6. The van der Waals surface area contributed by atoms with Crippen LogP contribution in [0.5, 0.6) is 0 Å². The number of hydrogen-bond acceptors (Lipinski definition) is 3. The lowest BCUT2D eigenvalue weighted by atomic mass is 10.1. The first-order valence-electron chi connectivity index (χ1n) is 7.64. The summed E-state index contributed by atoms with van der Waals surface area (Å²) < 4.78 is 0. The van der Waals surface area contributed by atoms with E-state index in [1.54, 1.807) is 62.4 Å². The topological polar surface area (TPSA) is 87.3 Å². The van der Waals surface area contributed by atoms with E-state index < -0.39 is 11.8 Å². The molecular formula is C18H18ClN3O3. The maximum Gasteiger partial charge on any atom is 0.269 e. The van der Waals surface area contributed by atoms with E-state index in [4.69, 9.17) is 11.6 Å². The quantitative estimate of drug-likeness (QED) is 0.733. The third kappa shape index (κ3) is 5.32. The molecule has 0 saturated heterocycles. The smallest absolute Gasteiger partial charge is 0.269 e. The molecule has 0 unspecified atom stereocenters. The average Bonchev–Trinajstić information content (AvgIpc) is 2.60. The third-order valence-electron chi connectivity index (χ3n) is 3.33. The summed E-state index contributed by atoms with van der Waals surface area (Å²) in [5.41, 5.74) is 5.97. The van der Waals surface area contributed by atoms with Crippen molar-refractivity contribution in [2.24, 2.45) is 5.92 Å². The van der Waals surface area contributed by atoms with Gasteiger partial charge in [0, 0.05) is 27.8 Å². The first kappa shape index (κ1) is 18.5. The number of rotatable bonds is 4. The van der Waals surface area contributed by atoms with Crippen molar-refractivity contribution in [1.29, 1.82) is 0 Å². The Bertz CT molecular complexity index is 771. The first-order chi connectivity index (χ1) is 11.9. The molecule has 0 fully saturated rings. The van der Waals surface area contributed by atoms with Gasteiger partial charge < -0.3 is 5.32 Å². The Labute approximate surface area is 150 Å². The van der Waals surface area contributed by atoms with Crippen molar-refractivity contribution < 1.29 is 14.4 Å². The fourth-order valence-corrected chi connectivity index (χ4v) is 1.98. The SMILES string of the molecule is CC(C)C(=O)Nc1ccc(C(=O)NNC(=O)c2ccc(Cl)cc2)cc1. The van der Waals surface area contributed by atoms with Crippen LogP contribution in [-0.2, 0) is 4.79 Å². The van der Waals surface area contributed by atoms with Gasteiger partial charge in [0.05, 0.1) is 0 Å². The molecule has 0 aliphatic carbocycles. The van der Waals surface area contributed by atoms with E-state index >= 15 is 0 Å². The fourth-order valence-electron chi connectivity index (χ4n) is 1.85. The second-order valence-electron chi connectivity index (χ2n) is 5.64. The minimum Gasteiger partial charge on any atom is -0.326 e. The summed E-state index contributed by atoms with van der Waals surface area (Å²) in [6.45, 7) is 3.58. The van der Waals surface area contributed by atoms with Gasteiger partial charge in [-0.2, -0.15) is 0 Å². The van der Waals surface area contributed by atoms with Gasteiger partial charge in [-0.25, -0.2) is 0 Å². The number of anilines is 1. The van der Waals surface area contributed by atoms with Crippen LogP contribution in [0.25, 0.3) is 0 Å². The molecule has 0 saturated carbocycles. The Hall–Kier alpha value is -2.86. The molecule has 0 atom stereocenters. The van der Waals surface area contributed by atoms with Gasteiger partial charge in [0.25, 0.3) is 11.8 Å². The lowest BCUT2D eigenvalue weighted by molar-refractivity contribution is -0.118. The van der Waals surface area contributed by atoms with Crippen LogP contribution in [0.15, 0.2) is 48.5 Å². The highest BCUT2D eigenvalue weighted by atomic mass is 35.5. The van der Waals surface area contributed by atoms with Crippen LogP contribution < -0.4 is 16.2 Å². The van der Waals surface area contributed by atoms with E-state index in [-0.39, 0.29) is 11.8 Å². The maximum absolute atomic E-state index is 12.0. The normalized spacial score (nSPS) is 10.2. The number of hydrazine groups is 1. The van der Waals surface area contributed by atoms with Crippen molar-refractivity contribution in [3.05, 3.63) is 64.7 Å². The van der Waals surface area contributed by atoms with Gasteiger partial charge in [0.15, 0.2) is 0 Å². The molecule has 2 rings (SSSR count). The number of nitrogens with one attached hydrogen (secondary N) is 3. The van der Waals surface area contributed by atoms with Crippen LogP contribution in [-0.4, -0.2) is 17.7 Å². The molecule has 3 amide bonds. The van der Waals surface area contributed by atoms with Gasteiger partial charge in [-0.1, -0.05) is 25.4 Å². The van der Waals surface area contributed by atoms with Gasteiger partial charge in [-0.3, -0.25) is 25.2 Å². The number of benzene rings is 2. The molecule has 25 heavy (non-hydrogen) atoms. The summed E-state index contributed by atoms with van der Waals surface area (Å²) in [5.74, 6) is -1.16. The van der Waals surface area contributed by atoms with Crippen LogP contribution in [0.2, 0.25) is 5.02 Å². The van der Waals surface area contributed by atoms with Crippen LogP contribution in [0.4, 0.5) is 5.69 Å². The van der Waals surface area contributed by atoms with Crippen LogP contribution in [0, 0.1) is 5.92 Å². The van der Waals surface area contributed by atoms with Crippen molar-refractivity contribution in [2.75, 3.05) is 5.32 Å². The summed E-state index contributed by atoms with van der Waals surface area (Å²) in [7, 11) is 0. The second-order valence-corrected chi connectivity index (χ2v) is 6.07. The zero-order valence-electron chi connectivity index (χ0n) is 13.8. The molecule has 0 heterocycles. The van der Waals surface area contributed by atoms with Gasteiger partial charge >= 0.3 is 0 Å². The van der Waals surface area contributed by atoms with E-state index in [0.717, 1.165) is 0 Å². The molecule has 6 nitrogen and oxygen atoms in total. The second kappa shape index (κ2) is 8.30. The molecule has 0 aliphatic rings. The predicted molar refractivity (Wildman–Crippen MR) is 96.3 cm³/mol. The zero-order chi connectivity index (χ0) is 18.4. The first-order valence-corrected chi connectivity index (χ1v) is 8.02. The largest absolute Gasteiger partial charge is 0.326 e. The Balaban J connectivity index is 1.91. The standard InChI is InChI=1S/C18H18ClN3O3/c1-11(2)16(23)20-15-9-5-13(6-10-15)18(25)22-21-17(24)12-3-7-14(19)8-4-12/h3-11H,1-2H3,(H,20,23)(H,21,24)(H,22,25). The third-order valence-corrected chi connectivity index (χ3v) is 3.59. The number of carbonyl (C=O) groups excluding carboxylic acids is 3. The van der Waals surface area contributed by atoms with Gasteiger partial charge in [-0.15, -0.1) is 0 Å². The molecule has 3 N–H and O–H groups in total. The summed E-state index contributed by atoms with van der Waals surface area (Å²) in [4.78, 5) is 35.6. The van der Waals surface area contributed by atoms with E-state index in [1.807, 2.05) is 0 Å². The van der Waals surface area contributed by atoms with Crippen LogP contribution >= 0.6 is 11.6 Å². The highest BCUT2D eigenvalue weighted by Gasteiger charge is 2.10. The van der Waals surface area contributed by atoms with Crippen molar-refractivity contribution in [1.82, 2.24) is 10.9 Å². The van der Waals surface area contributed by atoms with Crippen LogP contribution in [0.1, 0.15) is 34.6 Å². The Kier molecular flexibility index (Phi) is 6.14. The number of amides is 3. The molecular weight excluding hydrogens is 342 g/mol. The Morgan fingerprint density at radius 1 is 0.800 bits per heavy atom. The fraction of sp³-hybridized carbons (Fsp3) is 0.167. The summed E-state index contributed by atoms with van der Waals surface area (Å²) >= 11 is 5.76. The monoisotopic (exact) mass is 359 g/mol. The molecule has 0 aromatic heterocycles. The highest BCUT2D eigenvalue weighted by molar-refractivity contribution is 6.30. The molecule has 0 bridgehead atoms. The van der Waals surface area contributed by atoms with Gasteiger partial charge in [0.2, 0.25) is 5.91 Å². The molecule has 2 aromatic carbocycles. The summed E-state index contributed by atoms with van der Waals surface area (Å²) in [5, 5.41) is 3.25. The summed E-state index contributed by atoms with van der Waals surface area (Å²) in [6, 6.07) is 12.6. The minimum atomic E-state index is -0.468. The maximum atomic E-state index is 12.0. The van der Waals surface area contributed by atoms with Gasteiger partial charge in [-0.05, 0) is 48.5 Å². The van der Waals surface area contributed by atoms with E-state index in [2.05, 4.69) is 16.2 Å². The lowest BCUT2D eigenvalue weighted by Crippen LogP contribution is -2.41. The number of carbonyl (C=O) groups is 3. The molecule has 2 aromatic rings. The minimum absolute atomic E-state index is 0.104.